The normalized spacial score (nSPS) is 11.9. The zero-order valence-corrected chi connectivity index (χ0v) is 12.5. The summed E-state index contributed by atoms with van der Waals surface area (Å²) in [5.41, 5.74) is 2.31. The molecule has 0 atom stereocenters. The predicted molar refractivity (Wildman–Crippen MR) is 78.4 cm³/mol. The van der Waals surface area contributed by atoms with Crippen LogP contribution in [0.4, 0.5) is 5.13 Å². The number of anilines is 1. The van der Waals surface area contributed by atoms with Gasteiger partial charge >= 0.3 is 0 Å². The first-order chi connectivity index (χ1) is 9.45. The van der Waals surface area contributed by atoms with Crippen LogP contribution in [-0.4, -0.2) is 23.0 Å². The van der Waals surface area contributed by atoms with Crippen LogP contribution in [0.5, 0.6) is 0 Å². The Balaban J connectivity index is 2.00. The summed E-state index contributed by atoms with van der Waals surface area (Å²) in [4.78, 5) is 8.43. The van der Waals surface area contributed by atoms with Crippen molar-refractivity contribution in [1.82, 2.24) is 14.5 Å². The van der Waals surface area contributed by atoms with Crippen molar-refractivity contribution in [2.75, 3.05) is 4.72 Å². The van der Waals surface area contributed by atoms with Crippen LogP contribution in [0.3, 0.4) is 0 Å². The maximum absolute atomic E-state index is 12.3. The van der Waals surface area contributed by atoms with Crippen LogP contribution in [0.2, 0.25) is 0 Å². The van der Waals surface area contributed by atoms with E-state index >= 15 is 0 Å². The Morgan fingerprint density at radius 2 is 2.15 bits per heavy atom. The van der Waals surface area contributed by atoms with Crippen molar-refractivity contribution < 1.29 is 8.42 Å². The average Bonchev–Trinajstić information content (AvgIpc) is 2.96. The summed E-state index contributed by atoms with van der Waals surface area (Å²) in [6, 6.07) is 4.86. The Bertz CT molecular complexity index is 880. The molecule has 0 amide bonds. The van der Waals surface area contributed by atoms with Crippen molar-refractivity contribution in [2.45, 2.75) is 11.8 Å². The highest BCUT2D eigenvalue weighted by Gasteiger charge is 2.17. The molecule has 0 spiro atoms. The van der Waals surface area contributed by atoms with Gasteiger partial charge in [0.05, 0.1) is 28.0 Å². The van der Waals surface area contributed by atoms with E-state index in [1.54, 1.807) is 29.9 Å². The Kier molecular flexibility index (Phi) is 2.98. The molecule has 3 aromatic rings. The van der Waals surface area contributed by atoms with Gasteiger partial charge in [0.15, 0.2) is 5.13 Å². The Morgan fingerprint density at radius 1 is 1.35 bits per heavy atom. The van der Waals surface area contributed by atoms with Gasteiger partial charge in [0, 0.05) is 12.4 Å². The van der Waals surface area contributed by atoms with Crippen LogP contribution in [-0.2, 0) is 17.1 Å². The monoisotopic (exact) mass is 308 g/mol. The van der Waals surface area contributed by atoms with Gasteiger partial charge in [0.2, 0.25) is 0 Å². The van der Waals surface area contributed by atoms with Crippen molar-refractivity contribution in [3.8, 4) is 0 Å². The summed E-state index contributed by atoms with van der Waals surface area (Å²) in [5.74, 6) is 0. The molecule has 3 rings (SSSR count). The third kappa shape index (κ3) is 2.27. The van der Waals surface area contributed by atoms with Crippen molar-refractivity contribution in [3.63, 3.8) is 0 Å². The smallest absolute Gasteiger partial charge is 0.263 e. The van der Waals surface area contributed by atoms with Crippen LogP contribution in [0.1, 0.15) is 5.69 Å². The molecule has 20 heavy (non-hydrogen) atoms. The molecule has 0 saturated carbocycles. The molecule has 0 aliphatic heterocycles. The molecule has 0 unspecified atom stereocenters. The Morgan fingerprint density at radius 3 is 2.85 bits per heavy atom. The molecule has 2 aromatic heterocycles. The quantitative estimate of drug-likeness (QED) is 0.804. The summed E-state index contributed by atoms with van der Waals surface area (Å²) < 4.78 is 28.9. The van der Waals surface area contributed by atoms with Crippen LogP contribution >= 0.6 is 11.3 Å². The van der Waals surface area contributed by atoms with Gasteiger partial charge in [-0.3, -0.25) is 4.72 Å². The first-order valence-corrected chi connectivity index (χ1v) is 8.18. The molecule has 1 aromatic carbocycles. The maximum atomic E-state index is 12.3. The molecule has 0 fully saturated rings. The van der Waals surface area contributed by atoms with E-state index in [0.29, 0.717) is 10.6 Å². The van der Waals surface area contributed by atoms with Crippen molar-refractivity contribution in [2.24, 2.45) is 7.05 Å². The molecule has 0 bridgehead atoms. The summed E-state index contributed by atoms with van der Waals surface area (Å²) in [5, 5.41) is 2.16. The number of rotatable bonds is 3. The molecule has 0 radical (unpaired) electrons. The Hall–Kier alpha value is -1.93. The largest absolute Gasteiger partial charge is 0.334 e. The second kappa shape index (κ2) is 4.57. The van der Waals surface area contributed by atoms with Crippen molar-refractivity contribution >= 4 is 37.5 Å². The fourth-order valence-electron chi connectivity index (χ4n) is 1.86. The van der Waals surface area contributed by atoms with Gasteiger partial charge in [-0.2, -0.15) is 0 Å². The zero-order chi connectivity index (χ0) is 14.3. The fourth-order valence-corrected chi connectivity index (χ4v) is 3.82. The standard InChI is InChI=1S/C12H12N4O2S2/c1-8-6-19-12(14-8)15-20(17,18)9-3-4-11-10(5-9)13-7-16(11)2/h3-7H,1-2H3,(H,14,15). The second-order valence-corrected chi connectivity index (χ2v) is 6.95. The second-order valence-electron chi connectivity index (χ2n) is 4.41. The van der Waals surface area contributed by atoms with Gasteiger partial charge in [-0.05, 0) is 25.1 Å². The van der Waals surface area contributed by atoms with E-state index in [1.165, 1.54) is 11.3 Å². The van der Waals surface area contributed by atoms with Crippen LogP contribution in [0.25, 0.3) is 11.0 Å². The highest BCUT2D eigenvalue weighted by atomic mass is 32.2. The lowest BCUT2D eigenvalue weighted by Crippen LogP contribution is -2.12. The number of nitrogens with one attached hydrogen (secondary N) is 1. The molecule has 1 N–H and O–H groups in total. The van der Waals surface area contributed by atoms with Gasteiger partial charge < -0.3 is 4.57 Å². The third-order valence-corrected chi connectivity index (χ3v) is 5.19. The lowest BCUT2D eigenvalue weighted by Gasteiger charge is -2.05. The molecule has 0 saturated heterocycles. The number of aromatic nitrogens is 3. The predicted octanol–water partition coefficient (Wildman–Crippen LogP) is 2.14. The first kappa shape index (κ1) is 13.1. The molecule has 6 nitrogen and oxygen atoms in total. The first-order valence-electron chi connectivity index (χ1n) is 5.82. The van der Waals surface area contributed by atoms with Crippen LogP contribution < -0.4 is 4.72 Å². The van der Waals surface area contributed by atoms with Gasteiger partial charge in [-0.15, -0.1) is 11.3 Å². The van der Waals surface area contributed by atoms with E-state index in [2.05, 4.69) is 14.7 Å². The van der Waals surface area contributed by atoms with E-state index in [9.17, 15) is 8.42 Å². The minimum atomic E-state index is -3.63. The number of thiazole rings is 1. The molecule has 8 heteroatoms. The molecular weight excluding hydrogens is 296 g/mol. The van der Waals surface area contributed by atoms with Gasteiger partial charge in [0.25, 0.3) is 10.0 Å². The molecule has 104 valence electrons. The van der Waals surface area contributed by atoms with Crippen molar-refractivity contribution in [1.29, 1.82) is 0 Å². The zero-order valence-electron chi connectivity index (χ0n) is 10.9. The topological polar surface area (TPSA) is 76.9 Å². The van der Waals surface area contributed by atoms with Crippen LogP contribution in [0.15, 0.2) is 34.8 Å². The molecule has 0 aliphatic carbocycles. The van der Waals surface area contributed by atoms with E-state index in [1.807, 2.05) is 18.5 Å². The minimum absolute atomic E-state index is 0.177. The third-order valence-electron chi connectivity index (χ3n) is 2.85. The number of sulfonamides is 1. The SMILES string of the molecule is Cc1csc(NS(=O)(=O)c2ccc3c(c2)ncn3C)n1. The lowest BCUT2D eigenvalue weighted by molar-refractivity contribution is 0.601. The molecule has 0 aliphatic rings. The highest BCUT2D eigenvalue weighted by molar-refractivity contribution is 7.93. The van der Waals surface area contributed by atoms with Crippen molar-refractivity contribution in [3.05, 3.63) is 35.6 Å². The van der Waals surface area contributed by atoms with Crippen LogP contribution in [0, 0.1) is 6.92 Å². The van der Waals surface area contributed by atoms with E-state index < -0.39 is 10.0 Å². The van der Waals surface area contributed by atoms with Gasteiger partial charge in [-0.25, -0.2) is 18.4 Å². The fraction of sp³-hybridized carbons (Fsp3) is 0.167. The summed E-state index contributed by atoms with van der Waals surface area (Å²) in [6.45, 7) is 1.81. The number of hydrogen-bond acceptors (Lipinski definition) is 5. The van der Waals surface area contributed by atoms with E-state index in [-0.39, 0.29) is 4.90 Å². The highest BCUT2D eigenvalue weighted by Crippen LogP contribution is 2.22. The number of aryl methyl sites for hydroxylation is 2. The summed E-state index contributed by atoms with van der Waals surface area (Å²) >= 11 is 1.26. The number of hydrogen-bond donors (Lipinski definition) is 1. The van der Waals surface area contributed by atoms with E-state index in [4.69, 9.17) is 0 Å². The maximum Gasteiger partial charge on any atom is 0.263 e. The number of benzene rings is 1. The average molecular weight is 308 g/mol. The number of nitrogens with zero attached hydrogens (tertiary/aromatic N) is 3. The molecule has 2 heterocycles. The summed E-state index contributed by atoms with van der Waals surface area (Å²) in [7, 11) is -1.77. The minimum Gasteiger partial charge on any atom is -0.334 e. The van der Waals surface area contributed by atoms with E-state index in [0.717, 1.165) is 11.2 Å². The number of fused-ring (bicyclic) bond motifs is 1. The number of imidazole rings is 1. The van der Waals surface area contributed by atoms with Gasteiger partial charge in [-0.1, -0.05) is 0 Å². The molecular formula is C12H12N4O2S2. The van der Waals surface area contributed by atoms with Gasteiger partial charge in [0.1, 0.15) is 0 Å². The lowest BCUT2D eigenvalue weighted by atomic mass is 10.3. The summed E-state index contributed by atoms with van der Waals surface area (Å²) in [6.07, 6.45) is 1.65. The Labute approximate surface area is 120 Å².